The first-order chi connectivity index (χ1) is 7.94. The second-order valence-electron chi connectivity index (χ2n) is 4.25. The Balaban J connectivity index is 2.59. The molecule has 17 heavy (non-hydrogen) atoms. The van der Waals surface area contributed by atoms with Gasteiger partial charge in [-0.1, -0.05) is 18.6 Å². The lowest BCUT2D eigenvalue weighted by Crippen LogP contribution is -2.56. The highest BCUT2D eigenvalue weighted by molar-refractivity contribution is 7.80. The van der Waals surface area contributed by atoms with E-state index in [1.54, 1.807) is 13.8 Å². The van der Waals surface area contributed by atoms with E-state index in [2.05, 4.69) is 5.32 Å². The molecule has 96 valence electrons. The van der Waals surface area contributed by atoms with E-state index in [0.29, 0.717) is 19.4 Å². The standard InChI is InChI=1S/C11H18N2O3S/c1-3-16-8(14)7(2)13-10(15)11(9(12)17)5-4-6-11/h7H,3-6H2,1-2H3,(H2,12,17)(H,13,15). The number of hydrogen-bond donors (Lipinski definition) is 2. The number of esters is 1. The van der Waals surface area contributed by atoms with Crippen molar-refractivity contribution in [1.29, 1.82) is 0 Å². The first-order valence-corrected chi connectivity index (χ1v) is 6.12. The van der Waals surface area contributed by atoms with Gasteiger partial charge in [-0.2, -0.15) is 0 Å². The Hall–Kier alpha value is -1.17. The van der Waals surface area contributed by atoms with Crippen molar-refractivity contribution >= 4 is 29.1 Å². The van der Waals surface area contributed by atoms with Crippen molar-refractivity contribution in [3.05, 3.63) is 0 Å². The molecule has 1 rings (SSSR count). The van der Waals surface area contributed by atoms with E-state index in [4.69, 9.17) is 22.7 Å². The summed E-state index contributed by atoms with van der Waals surface area (Å²) in [6.45, 7) is 3.59. The summed E-state index contributed by atoms with van der Waals surface area (Å²) in [5.41, 5.74) is 4.84. The maximum absolute atomic E-state index is 12.0. The largest absolute Gasteiger partial charge is 0.464 e. The predicted molar refractivity (Wildman–Crippen MR) is 67.3 cm³/mol. The van der Waals surface area contributed by atoms with Gasteiger partial charge in [-0.05, 0) is 26.7 Å². The first-order valence-electron chi connectivity index (χ1n) is 5.71. The molecule has 1 fully saturated rings. The highest BCUT2D eigenvalue weighted by Crippen LogP contribution is 2.41. The van der Waals surface area contributed by atoms with Crippen LogP contribution in [0.5, 0.6) is 0 Å². The van der Waals surface area contributed by atoms with E-state index >= 15 is 0 Å². The molecule has 1 atom stereocenters. The number of thiocarbonyl (C=S) groups is 1. The smallest absolute Gasteiger partial charge is 0.328 e. The van der Waals surface area contributed by atoms with Gasteiger partial charge in [-0.3, -0.25) is 4.79 Å². The van der Waals surface area contributed by atoms with Gasteiger partial charge in [0.05, 0.1) is 17.0 Å². The van der Waals surface area contributed by atoms with Gasteiger partial charge in [0.15, 0.2) is 0 Å². The molecular formula is C11H18N2O3S. The highest BCUT2D eigenvalue weighted by Gasteiger charge is 2.47. The van der Waals surface area contributed by atoms with Gasteiger partial charge in [0.1, 0.15) is 6.04 Å². The van der Waals surface area contributed by atoms with E-state index in [-0.39, 0.29) is 10.9 Å². The van der Waals surface area contributed by atoms with Crippen LogP contribution >= 0.6 is 12.2 Å². The fraction of sp³-hybridized carbons (Fsp3) is 0.727. The van der Waals surface area contributed by atoms with Gasteiger partial charge in [0, 0.05) is 0 Å². The molecular weight excluding hydrogens is 240 g/mol. The number of ether oxygens (including phenoxy) is 1. The lowest BCUT2D eigenvalue weighted by atomic mass is 9.68. The van der Waals surface area contributed by atoms with E-state index in [1.165, 1.54) is 0 Å². The number of amides is 1. The highest BCUT2D eigenvalue weighted by atomic mass is 32.1. The van der Waals surface area contributed by atoms with Gasteiger partial charge in [0.2, 0.25) is 5.91 Å². The lowest BCUT2D eigenvalue weighted by Gasteiger charge is -2.39. The Kier molecular flexibility index (Phi) is 4.45. The number of nitrogens with two attached hydrogens (primary N) is 1. The molecule has 0 heterocycles. The normalized spacial score (nSPS) is 18.7. The van der Waals surface area contributed by atoms with Crippen molar-refractivity contribution in [3.63, 3.8) is 0 Å². The number of rotatable bonds is 5. The summed E-state index contributed by atoms with van der Waals surface area (Å²) < 4.78 is 4.81. The summed E-state index contributed by atoms with van der Waals surface area (Å²) in [6, 6.07) is -0.672. The fourth-order valence-electron chi connectivity index (χ4n) is 1.78. The molecule has 0 aliphatic heterocycles. The van der Waals surface area contributed by atoms with Crippen molar-refractivity contribution in [2.75, 3.05) is 6.61 Å². The summed E-state index contributed by atoms with van der Waals surface area (Å²) >= 11 is 4.93. The Morgan fingerprint density at radius 2 is 2.12 bits per heavy atom. The minimum absolute atomic E-state index is 0.206. The van der Waals surface area contributed by atoms with Crippen LogP contribution in [0.1, 0.15) is 33.1 Å². The number of nitrogens with one attached hydrogen (secondary N) is 1. The van der Waals surface area contributed by atoms with Gasteiger partial charge in [0.25, 0.3) is 0 Å². The molecule has 0 bridgehead atoms. The number of hydrogen-bond acceptors (Lipinski definition) is 4. The Morgan fingerprint density at radius 3 is 2.47 bits per heavy atom. The van der Waals surface area contributed by atoms with Crippen LogP contribution in [0.25, 0.3) is 0 Å². The fourth-order valence-corrected chi connectivity index (χ4v) is 2.07. The Morgan fingerprint density at radius 1 is 1.53 bits per heavy atom. The molecule has 6 heteroatoms. The Labute approximate surface area is 106 Å². The van der Waals surface area contributed by atoms with E-state index in [1.807, 2.05) is 0 Å². The molecule has 0 aromatic heterocycles. The van der Waals surface area contributed by atoms with Crippen LogP contribution in [0.3, 0.4) is 0 Å². The third kappa shape index (κ3) is 2.74. The van der Waals surface area contributed by atoms with E-state index in [9.17, 15) is 9.59 Å². The maximum atomic E-state index is 12.0. The molecule has 0 radical (unpaired) electrons. The van der Waals surface area contributed by atoms with Gasteiger partial charge >= 0.3 is 5.97 Å². The topological polar surface area (TPSA) is 81.4 Å². The molecule has 5 nitrogen and oxygen atoms in total. The molecule has 0 saturated heterocycles. The summed E-state index contributed by atoms with van der Waals surface area (Å²) in [4.78, 5) is 23.6. The van der Waals surface area contributed by atoms with Crippen LogP contribution in [-0.4, -0.2) is 29.5 Å². The van der Waals surface area contributed by atoms with Crippen LogP contribution in [0.2, 0.25) is 0 Å². The molecule has 1 amide bonds. The molecule has 0 aromatic carbocycles. The monoisotopic (exact) mass is 258 g/mol. The zero-order valence-electron chi connectivity index (χ0n) is 10.1. The summed E-state index contributed by atoms with van der Waals surface area (Å²) in [7, 11) is 0. The van der Waals surface area contributed by atoms with E-state index in [0.717, 1.165) is 6.42 Å². The molecule has 1 unspecified atom stereocenters. The zero-order chi connectivity index (χ0) is 13.1. The van der Waals surface area contributed by atoms with Crippen LogP contribution in [0.15, 0.2) is 0 Å². The SMILES string of the molecule is CCOC(=O)C(C)NC(=O)C1(C(N)=S)CCC1. The summed E-state index contributed by atoms with van der Waals surface area (Å²) in [6.07, 6.45) is 2.24. The van der Waals surface area contributed by atoms with Gasteiger partial charge < -0.3 is 15.8 Å². The van der Waals surface area contributed by atoms with Crippen LogP contribution in [0, 0.1) is 5.41 Å². The van der Waals surface area contributed by atoms with E-state index < -0.39 is 17.4 Å². The Bertz CT molecular complexity index is 340. The number of carbonyl (C=O) groups is 2. The maximum Gasteiger partial charge on any atom is 0.328 e. The predicted octanol–water partition coefficient (Wildman–Crippen LogP) is 0.511. The second kappa shape index (κ2) is 5.44. The van der Waals surface area contributed by atoms with Crippen LogP contribution < -0.4 is 11.1 Å². The van der Waals surface area contributed by atoms with Crippen LogP contribution in [-0.2, 0) is 14.3 Å². The number of carbonyl (C=O) groups excluding carboxylic acids is 2. The molecule has 0 aromatic rings. The van der Waals surface area contributed by atoms with Crippen molar-refractivity contribution in [2.45, 2.75) is 39.2 Å². The lowest BCUT2D eigenvalue weighted by molar-refractivity contribution is -0.148. The minimum Gasteiger partial charge on any atom is -0.464 e. The van der Waals surface area contributed by atoms with Crippen molar-refractivity contribution in [3.8, 4) is 0 Å². The third-order valence-electron chi connectivity index (χ3n) is 3.10. The van der Waals surface area contributed by atoms with Gasteiger partial charge in [-0.25, -0.2) is 4.79 Å². The zero-order valence-corrected chi connectivity index (χ0v) is 10.9. The third-order valence-corrected chi connectivity index (χ3v) is 3.49. The average Bonchev–Trinajstić information content (AvgIpc) is 2.15. The summed E-state index contributed by atoms with van der Waals surface area (Å²) in [5.74, 6) is -0.713. The summed E-state index contributed by atoms with van der Waals surface area (Å²) in [5, 5.41) is 2.61. The van der Waals surface area contributed by atoms with Crippen molar-refractivity contribution in [2.24, 2.45) is 11.1 Å². The molecule has 1 aliphatic carbocycles. The van der Waals surface area contributed by atoms with Crippen LogP contribution in [0.4, 0.5) is 0 Å². The molecule has 1 aliphatic rings. The first kappa shape index (κ1) is 13.9. The molecule has 1 saturated carbocycles. The molecule has 0 spiro atoms. The average molecular weight is 258 g/mol. The molecule has 3 N–H and O–H groups in total. The second-order valence-corrected chi connectivity index (χ2v) is 4.69. The quantitative estimate of drug-likeness (QED) is 0.555. The van der Waals surface area contributed by atoms with Crippen molar-refractivity contribution < 1.29 is 14.3 Å². The minimum atomic E-state index is -0.754. The van der Waals surface area contributed by atoms with Gasteiger partial charge in [-0.15, -0.1) is 0 Å². The van der Waals surface area contributed by atoms with Crippen molar-refractivity contribution in [1.82, 2.24) is 5.32 Å².